The van der Waals surface area contributed by atoms with Crippen molar-refractivity contribution in [3.63, 3.8) is 0 Å². The summed E-state index contributed by atoms with van der Waals surface area (Å²) in [6.45, 7) is 9.96. The number of nitrogens with zero attached hydrogens (tertiary/aromatic N) is 3. The van der Waals surface area contributed by atoms with Crippen molar-refractivity contribution in [2.24, 2.45) is 0 Å². The van der Waals surface area contributed by atoms with Crippen LogP contribution in [-0.4, -0.2) is 72.5 Å². The summed E-state index contributed by atoms with van der Waals surface area (Å²) >= 11 is 5.96. The first-order valence-corrected chi connectivity index (χ1v) is 13.8. The number of carbonyl (C=O) groups is 3. The number of hydrogen-bond donors (Lipinski definition) is 2. The number of likely N-dealkylation sites (tertiary alicyclic amines) is 1. The van der Waals surface area contributed by atoms with Crippen LogP contribution in [0.5, 0.6) is 0 Å². The lowest BCUT2D eigenvalue weighted by Crippen LogP contribution is -2.49. The van der Waals surface area contributed by atoms with Crippen molar-refractivity contribution in [1.82, 2.24) is 15.1 Å². The van der Waals surface area contributed by atoms with E-state index in [0.29, 0.717) is 41.5 Å². The molecule has 2 aromatic carbocycles. The second-order valence-electron chi connectivity index (χ2n) is 11.1. The predicted octanol–water partition coefficient (Wildman–Crippen LogP) is 5.24. The lowest BCUT2D eigenvalue weighted by Gasteiger charge is -2.31. The molecule has 0 bridgehead atoms. The zero-order valence-corrected chi connectivity index (χ0v) is 23.3. The molecule has 0 radical (unpaired) electrons. The third-order valence-corrected chi connectivity index (χ3v) is 7.09. The normalized spacial score (nSPS) is 16.6. The highest BCUT2D eigenvalue weighted by Gasteiger charge is 2.27. The van der Waals surface area contributed by atoms with Gasteiger partial charge in [0.2, 0.25) is 0 Å². The number of rotatable bonds is 4. The molecule has 38 heavy (non-hydrogen) atoms. The number of piperidine rings is 1. The van der Waals surface area contributed by atoms with Gasteiger partial charge in [0.1, 0.15) is 0 Å². The van der Waals surface area contributed by atoms with E-state index in [1.807, 2.05) is 42.7 Å². The molecule has 2 aliphatic heterocycles. The minimum Gasteiger partial charge on any atom is -0.369 e. The Morgan fingerprint density at radius 2 is 1.47 bits per heavy atom. The number of halogens is 1. The van der Waals surface area contributed by atoms with Crippen molar-refractivity contribution in [1.29, 1.82) is 0 Å². The van der Waals surface area contributed by atoms with Crippen molar-refractivity contribution in [2.75, 3.05) is 49.5 Å². The maximum atomic E-state index is 13.7. The van der Waals surface area contributed by atoms with Gasteiger partial charge >= 0.3 is 6.03 Å². The number of urea groups is 1. The van der Waals surface area contributed by atoms with Gasteiger partial charge in [-0.1, -0.05) is 11.6 Å². The average Bonchev–Trinajstić information content (AvgIpc) is 3.15. The number of amides is 4. The fourth-order valence-corrected chi connectivity index (χ4v) is 5.02. The maximum Gasteiger partial charge on any atom is 0.317 e. The van der Waals surface area contributed by atoms with E-state index in [4.69, 9.17) is 11.6 Å². The van der Waals surface area contributed by atoms with Crippen molar-refractivity contribution in [2.45, 2.75) is 52.0 Å². The molecule has 2 N–H and O–H groups in total. The van der Waals surface area contributed by atoms with Crippen LogP contribution in [0.4, 0.5) is 16.2 Å². The van der Waals surface area contributed by atoms with Gasteiger partial charge in [-0.05, 0) is 88.9 Å². The molecular weight excluding hydrogens is 502 g/mol. The SMILES string of the molecule is CC(C)(C)NC(=O)N1CCCN(c2ccc(NC(=O)c3ccc(Cl)cc3)cc2C(=O)N2CCCCC2)CC1. The summed E-state index contributed by atoms with van der Waals surface area (Å²) in [7, 11) is 0. The number of carbonyl (C=O) groups excluding carboxylic acids is 3. The molecule has 0 aliphatic carbocycles. The highest BCUT2D eigenvalue weighted by Crippen LogP contribution is 2.28. The summed E-state index contributed by atoms with van der Waals surface area (Å²) in [6, 6.07) is 12.2. The van der Waals surface area contributed by atoms with Gasteiger partial charge in [-0.2, -0.15) is 0 Å². The Kier molecular flexibility index (Phi) is 8.82. The van der Waals surface area contributed by atoms with E-state index >= 15 is 0 Å². The van der Waals surface area contributed by atoms with Crippen LogP contribution in [0.2, 0.25) is 5.02 Å². The molecule has 0 spiro atoms. The molecule has 2 aromatic rings. The number of hydrogen-bond acceptors (Lipinski definition) is 4. The molecule has 2 heterocycles. The third-order valence-electron chi connectivity index (χ3n) is 6.84. The molecule has 2 aliphatic rings. The quantitative estimate of drug-likeness (QED) is 0.556. The van der Waals surface area contributed by atoms with Gasteiger partial charge in [-0.25, -0.2) is 4.79 Å². The van der Waals surface area contributed by atoms with Gasteiger partial charge in [0.25, 0.3) is 11.8 Å². The predicted molar refractivity (Wildman–Crippen MR) is 152 cm³/mol. The first kappa shape index (κ1) is 27.8. The standard InChI is InChI=1S/C29H38ClN5O3/c1-29(2,3)32-28(38)35-17-7-16-33(18-19-35)25-13-12-23(31-26(36)21-8-10-22(30)11-9-21)20-24(25)27(37)34-14-5-4-6-15-34/h8-13,20H,4-7,14-19H2,1-3H3,(H,31,36)(H,32,38). The van der Waals surface area contributed by atoms with Crippen molar-refractivity contribution >= 4 is 40.8 Å². The highest BCUT2D eigenvalue weighted by molar-refractivity contribution is 6.30. The summed E-state index contributed by atoms with van der Waals surface area (Å²) in [4.78, 5) is 45.3. The van der Waals surface area contributed by atoms with E-state index in [-0.39, 0.29) is 23.4 Å². The minimum absolute atomic E-state index is 0.0196. The Hall–Kier alpha value is -3.26. The Bertz CT molecular complexity index is 1160. The van der Waals surface area contributed by atoms with Crippen LogP contribution < -0.4 is 15.5 Å². The van der Waals surface area contributed by atoms with Crippen LogP contribution in [0.3, 0.4) is 0 Å². The van der Waals surface area contributed by atoms with E-state index in [9.17, 15) is 14.4 Å². The molecule has 8 nitrogen and oxygen atoms in total. The Labute approximate surface area is 230 Å². The Balaban J connectivity index is 1.56. The second-order valence-corrected chi connectivity index (χ2v) is 11.5. The monoisotopic (exact) mass is 539 g/mol. The molecule has 2 saturated heterocycles. The third kappa shape index (κ3) is 7.19. The molecule has 2 fully saturated rings. The molecule has 204 valence electrons. The summed E-state index contributed by atoms with van der Waals surface area (Å²) in [5.41, 5.74) is 2.17. The van der Waals surface area contributed by atoms with Crippen LogP contribution in [0.15, 0.2) is 42.5 Å². The van der Waals surface area contributed by atoms with E-state index in [1.54, 1.807) is 30.3 Å². The van der Waals surface area contributed by atoms with Gasteiger partial charge in [0.05, 0.1) is 5.56 Å². The molecule has 0 saturated carbocycles. The molecule has 9 heteroatoms. The molecule has 0 aromatic heterocycles. The lowest BCUT2D eigenvalue weighted by molar-refractivity contribution is 0.0724. The summed E-state index contributed by atoms with van der Waals surface area (Å²) in [5, 5.41) is 6.54. The summed E-state index contributed by atoms with van der Waals surface area (Å²) < 4.78 is 0. The number of benzene rings is 2. The summed E-state index contributed by atoms with van der Waals surface area (Å²) in [5.74, 6) is -0.282. The van der Waals surface area contributed by atoms with Gasteiger partial charge in [-0.3, -0.25) is 9.59 Å². The highest BCUT2D eigenvalue weighted by atomic mass is 35.5. The number of anilines is 2. The molecule has 0 atom stereocenters. The van der Waals surface area contributed by atoms with Crippen molar-refractivity contribution in [3.8, 4) is 0 Å². The molecule has 4 rings (SSSR count). The fourth-order valence-electron chi connectivity index (χ4n) is 4.89. The van der Waals surface area contributed by atoms with Gasteiger partial charge in [-0.15, -0.1) is 0 Å². The van der Waals surface area contributed by atoms with Gasteiger partial charge in [0, 0.05) is 66.8 Å². The van der Waals surface area contributed by atoms with Crippen molar-refractivity contribution < 1.29 is 14.4 Å². The van der Waals surface area contributed by atoms with Gasteiger partial charge in [0.15, 0.2) is 0 Å². The van der Waals surface area contributed by atoms with E-state index in [0.717, 1.165) is 51.0 Å². The van der Waals surface area contributed by atoms with Crippen LogP contribution in [0, 0.1) is 0 Å². The van der Waals surface area contributed by atoms with E-state index in [1.165, 1.54) is 0 Å². The first-order valence-electron chi connectivity index (χ1n) is 13.4. The molecular formula is C29H38ClN5O3. The van der Waals surface area contributed by atoms with Crippen molar-refractivity contribution in [3.05, 3.63) is 58.6 Å². The zero-order valence-electron chi connectivity index (χ0n) is 22.6. The fraction of sp³-hybridized carbons (Fsp3) is 0.483. The Morgan fingerprint density at radius 1 is 0.789 bits per heavy atom. The minimum atomic E-state index is -0.302. The van der Waals surface area contributed by atoms with E-state index in [2.05, 4.69) is 15.5 Å². The number of nitrogens with one attached hydrogen (secondary N) is 2. The van der Waals surface area contributed by atoms with Crippen LogP contribution in [0.1, 0.15) is 67.2 Å². The second kappa shape index (κ2) is 12.1. The molecule has 0 unspecified atom stereocenters. The van der Waals surface area contributed by atoms with Gasteiger partial charge < -0.3 is 25.3 Å². The van der Waals surface area contributed by atoms with Crippen LogP contribution in [0.25, 0.3) is 0 Å². The lowest BCUT2D eigenvalue weighted by atomic mass is 10.1. The molecule has 4 amide bonds. The Morgan fingerprint density at radius 3 is 2.16 bits per heavy atom. The summed E-state index contributed by atoms with van der Waals surface area (Å²) in [6.07, 6.45) is 3.92. The smallest absolute Gasteiger partial charge is 0.317 e. The maximum absolute atomic E-state index is 13.7. The van der Waals surface area contributed by atoms with Crippen LogP contribution >= 0.6 is 11.6 Å². The van der Waals surface area contributed by atoms with E-state index < -0.39 is 0 Å². The first-order chi connectivity index (χ1) is 18.1. The largest absolute Gasteiger partial charge is 0.369 e. The average molecular weight is 540 g/mol. The topological polar surface area (TPSA) is 85.0 Å². The zero-order chi connectivity index (χ0) is 27.3. The van der Waals surface area contributed by atoms with Crippen LogP contribution in [-0.2, 0) is 0 Å².